The first-order chi connectivity index (χ1) is 11.6. The fourth-order valence-electron chi connectivity index (χ4n) is 1.80. The number of hydrogen-bond acceptors (Lipinski definition) is 5. The fourth-order valence-corrected chi connectivity index (χ4v) is 2.78. The molecule has 0 saturated carbocycles. The van der Waals surface area contributed by atoms with Gasteiger partial charge in [0.05, 0.1) is 17.6 Å². The summed E-state index contributed by atoms with van der Waals surface area (Å²) in [6.07, 6.45) is 3.25. The molecule has 0 spiro atoms. The van der Waals surface area contributed by atoms with Crippen molar-refractivity contribution in [1.82, 2.24) is 15.7 Å². The minimum absolute atomic E-state index is 0.105. The van der Waals surface area contributed by atoms with Gasteiger partial charge in [0.25, 0.3) is 0 Å². The molecule has 0 radical (unpaired) electrons. The normalized spacial score (nSPS) is 10.4. The van der Waals surface area contributed by atoms with Crippen LogP contribution >= 0.6 is 23.6 Å². The number of nitrogens with zero attached hydrogens (tertiary/aromatic N) is 3. The van der Waals surface area contributed by atoms with Crippen LogP contribution in [0.5, 0.6) is 0 Å². The topological polar surface area (TPSA) is 69.6 Å². The molecule has 0 aliphatic rings. The SMILES string of the molecule is C=CCNC(=S)N/N=C\c1csc(N(C(C)=O)c2ccccc2)n1. The molecule has 0 bridgehead atoms. The largest absolute Gasteiger partial charge is 0.358 e. The summed E-state index contributed by atoms with van der Waals surface area (Å²) >= 11 is 6.39. The summed E-state index contributed by atoms with van der Waals surface area (Å²) in [5.74, 6) is -0.105. The number of thiazole rings is 1. The molecule has 2 aromatic rings. The van der Waals surface area contributed by atoms with Crippen molar-refractivity contribution in [3.05, 3.63) is 54.1 Å². The number of nitrogens with one attached hydrogen (secondary N) is 2. The highest BCUT2D eigenvalue weighted by Crippen LogP contribution is 2.28. The number of rotatable bonds is 6. The summed E-state index contributed by atoms with van der Waals surface area (Å²) in [5.41, 5.74) is 4.09. The molecule has 0 saturated heterocycles. The summed E-state index contributed by atoms with van der Waals surface area (Å²) in [6.45, 7) is 5.66. The first kappa shape index (κ1) is 17.8. The molecule has 1 aromatic carbocycles. The second-order valence-electron chi connectivity index (χ2n) is 4.61. The maximum absolute atomic E-state index is 12.0. The molecule has 1 amide bonds. The summed E-state index contributed by atoms with van der Waals surface area (Å²) < 4.78 is 0. The number of anilines is 2. The number of amides is 1. The van der Waals surface area contributed by atoms with E-state index in [0.29, 0.717) is 22.5 Å². The van der Waals surface area contributed by atoms with Crippen molar-refractivity contribution >= 4 is 51.6 Å². The van der Waals surface area contributed by atoms with Gasteiger partial charge < -0.3 is 5.32 Å². The van der Waals surface area contributed by atoms with Crippen LogP contribution in [0.3, 0.4) is 0 Å². The number of hydrogen-bond donors (Lipinski definition) is 2. The van der Waals surface area contributed by atoms with Crippen molar-refractivity contribution in [1.29, 1.82) is 0 Å². The van der Waals surface area contributed by atoms with Crippen LogP contribution in [-0.2, 0) is 4.79 Å². The lowest BCUT2D eigenvalue weighted by Gasteiger charge is -2.17. The molecule has 0 aliphatic heterocycles. The first-order valence-corrected chi connectivity index (χ1v) is 8.39. The highest BCUT2D eigenvalue weighted by Gasteiger charge is 2.17. The molecule has 1 heterocycles. The van der Waals surface area contributed by atoms with Crippen LogP contribution < -0.4 is 15.6 Å². The van der Waals surface area contributed by atoms with E-state index in [1.807, 2.05) is 35.7 Å². The number of aromatic nitrogens is 1. The van der Waals surface area contributed by atoms with Gasteiger partial charge in [-0.3, -0.25) is 15.1 Å². The Morgan fingerprint density at radius 2 is 2.21 bits per heavy atom. The Morgan fingerprint density at radius 1 is 1.46 bits per heavy atom. The average molecular weight is 359 g/mol. The van der Waals surface area contributed by atoms with Crippen molar-refractivity contribution < 1.29 is 4.79 Å². The highest BCUT2D eigenvalue weighted by molar-refractivity contribution is 7.80. The maximum atomic E-state index is 12.0. The van der Waals surface area contributed by atoms with Crippen LogP contribution in [0.25, 0.3) is 0 Å². The highest BCUT2D eigenvalue weighted by atomic mass is 32.1. The van der Waals surface area contributed by atoms with Gasteiger partial charge in [-0.05, 0) is 24.4 Å². The molecule has 24 heavy (non-hydrogen) atoms. The predicted octanol–water partition coefficient (Wildman–Crippen LogP) is 2.81. The Bertz CT molecular complexity index is 742. The summed E-state index contributed by atoms with van der Waals surface area (Å²) in [5, 5.41) is 9.71. The van der Waals surface area contributed by atoms with E-state index < -0.39 is 0 Å². The molecule has 2 N–H and O–H groups in total. The van der Waals surface area contributed by atoms with Crippen LogP contribution in [0.1, 0.15) is 12.6 Å². The van der Waals surface area contributed by atoms with Crippen molar-refractivity contribution in [2.24, 2.45) is 5.10 Å². The standard InChI is InChI=1S/C16H17N5OS2/c1-3-9-17-15(23)20-18-10-13-11-24-16(19-13)21(12(2)22)14-7-5-4-6-8-14/h3-8,10-11H,1,9H2,2H3,(H2,17,20,23)/b18-10-. The van der Waals surface area contributed by atoms with E-state index in [2.05, 4.69) is 27.4 Å². The second-order valence-corrected chi connectivity index (χ2v) is 5.86. The molecule has 0 aliphatic carbocycles. The summed E-state index contributed by atoms with van der Waals surface area (Å²) in [4.78, 5) is 18.0. The van der Waals surface area contributed by atoms with Crippen LogP contribution in [0, 0.1) is 0 Å². The van der Waals surface area contributed by atoms with E-state index in [1.165, 1.54) is 18.3 Å². The van der Waals surface area contributed by atoms with Crippen molar-refractivity contribution in [2.45, 2.75) is 6.92 Å². The lowest BCUT2D eigenvalue weighted by molar-refractivity contribution is -0.115. The number of thiocarbonyl (C=S) groups is 1. The average Bonchev–Trinajstić information content (AvgIpc) is 3.02. The monoisotopic (exact) mass is 359 g/mol. The smallest absolute Gasteiger partial charge is 0.230 e. The van der Waals surface area contributed by atoms with Gasteiger partial charge in [-0.15, -0.1) is 17.9 Å². The fraction of sp³-hybridized carbons (Fsp3) is 0.125. The molecule has 6 nitrogen and oxygen atoms in total. The molecule has 0 atom stereocenters. The quantitative estimate of drug-likeness (QED) is 0.359. The van der Waals surface area contributed by atoms with Gasteiger partial charge in [0.15, 0.2) is 10.2 Å². The molecule has 0 fully saturated rings. The molecule has 2 rings (SSSR count). The third-order valence-corrected chi connectivity index (χ3v) is 3.88. The van der Waals surface area contributed by atoms with E-state index in [9.17, 15) is 4.79 Å². The van der Waals surface area contributed by atoms with Crippen LogP contribution in [0.15, 0.2) is 53.5 Å². The summed E-state index contributed by atoms with van der Waals surface area (Å²) in [6, 6.07) is 9.38. The molecule has 8 heteroatoms. The van der Waals surface area contributed by atoms with E-state index in [0.717, 1.165) is 5.69 Å². The minimum Gasteiger partial charge on any atom is -0.358 e. The van der Waals surface area contributed by atoms with Gasteiger partial charge in [-0.1, -0.05) is 24.3 Å². The Hall–Kier alpha value is -2.58. The Balaban J connectivity index is 2.07. The zero-order valence-electron chi connectivity index (χ0n) is 13.1. The van der Waals surface area contributed by atoms with Gasteiger partial charge in [0.1, 0.15) is 0 Å². The minimum atomic E-state index is -0.105. The van der Waals surface area contributed by atoms with Gasteiger partial charge >= 0.3 is 0 Å². The molecule has 1 aromatic heterocycles. The zero-order chi connectivity index (χ0) is 17.4. The first-order valence-electron chi connectivity index (χ1n) is 7.11. The molecular weight excluding hydrogens is 342 g/mol. The number of carbonyl (C=O) groups excluding carboxylic acids is 1. The maximum Gasteiger partial charge on any atom is 0.230 e. The van der Waals surface area contributed by atoms with E-state index in [4.69, 9.17) is 12.2 Å². The van der Waals surface area contributed by atoms with Crippen LogP contribution in [-0.4, -0.2) is 28.8 Å². The molecular formula is C16H17N5OS2. The lowest BCUT2D eigenvalue weighted by Crippen LogP contribution is -2.31. The van der Waals surface area contributed by atoms with Crippen LogP contribution in [0.4, 0.5) is 10.8 Å². The molecule has 124 valence electrons. The Kier molecular flexibility index (Phi) is 6.59. The van der Waals surface area contributed by atoms with Gasteiger partial charge in [0.2, 0.25) is 5.91 Å². The Labute approximate surface area is 149 Å². The summed E-state index contributed by atoms with van der Waals surface area (Å²) in [7, 11) is 0. The van der Waals surface area contributed by atoms with Gasteiger partial charge in [0, 0.05) is 18.8 Å². The number of benzene rings is 1. The second kappa shape index (κ2) is 8.90. The van der Waals surface area contributed by atoms with E-state index >= 15 is 0 Å². The van der Waals surface area contributed by atoms with Crippen molar-refractivity contribution in [3.63, 3.8) is 0 Å². The number of para-hydroxylation sites is 1. The third kappa shape index (κ3) is 4.97. The molecule has 0 unspecified atom stereocenters. The Morgan fingerprint density at radius 3 is 2.88 bits per heavy atom. The van der Waals surface area contributed by atoms with E-state index in [-0.39, 0.29) is 5.91 Å². The van der Waals surface area contributed by atoms with Gasteiger partial charge in [-0.25, -0.2) is 4.98 Å². The van der Waals surface area contributed by atoms with Gasteiger partial charge in [-0.2, -0.15) is 5.10 Å². The van der Waals surface area contributed by atoms with E-state index in [1.54, 1.807) is 17.2 Å². The van der Waals surface area contributed by atoms with Crippen molar-refractivity contribution in [3.8, 4) is 0 Å². The number of hydrazone groups is 1. The lowest BCUT2D eigenvalue weighted by atomic mass is 10.3. The van der Waals surface area contributed by atoms with Crippen molar-refractivity contribution in [2.75, 3.05) is 11.4 Å². The van der Waals surface area contributed by atoms with Crippen LogP contribution in [0.2, 0.25) is 0 Å². The predicted molar refractivity (Wildman–Crippen MR) is 103 cm³/mol. The third-order valence-electron chi connectivity index (χ3n) is 2.80. The number of carbonyl (C=O) groups is 1. The zero-order valence-corrected chi connectivity index (χ0v) is 14.7.